The largest absolute Gasteiger partial charge is 0.452 e. The van der Waals surface area contributed by atoms with Crippen molar-refractivity contribution in [1.82, 2.24) is 4.31 Å². The first-order valence-electron chi connectivity index (χ1n) is 7.93. The Morgan fingerprint density at radius 1 is 1.35 bits per heavy atom. The summed E-state index contributed by atoms with van der Waals surface area (Å²) in [5.74, 6) is -2.23. The molecule has 9 nitrogen and oxygen atoms in total. The third-order valence-corrected chi connectivity index (χ3v) is 6.22. The van der Waals surface area contributed by atoms with Crippen molar-refractivity contribution in [2.45, 2.75) is 25.9 Å². The number of piperidine rings is 1. The highest BCUT2D eigenvalue weighted by molar-refractivity contribution is 7.88. The van der Waals surface area contributed by atoms with Gasteiger partial charge in [-0.1, -0.05) is 0 Å². The van der Waals surface area contributed by atoms with E-state index in [9.17, 15) is 22.8 Å². The summed E-state index contributed by atoms with van der Waals surface area (Å²) >= 11 is 1.14. The summed E-state index contributed by atoms with van der Waals surface area (Å²) in [6.07, 6.45) is 0.759. The highest BCUT2D eigenvalue weighted by Gasteiger charge is 2.31. The molecule has 1 aromatic rings. The minimum Gasteiger partial charge on any atom is -0.452 e. The summed E-state index contributed by atoms with van der Waals surface area (Å²) in [7, 11) is -3.27. The SMILES string of the molecule is C[C@H](OC(=O)C1CCN(S(C)(=O)=O)CC1)C(=O)Nc1sccc1C(N)=O. The number of amides is 2. The van der Waals surface area contributed by atoms with Crippen LogP contribution in [0, 0.1) is 5.92 Å². The molecule has 0 saturated carbocycles. The lowest BCUT2D eigenvalue weighted by molar-refractivity contribution is -0.158. The van der Waals surface area contributed by atoms with Crippen LogP contribution in [0.25, 0.3) is 0 Å². The number of esters is 1. The highest BCUT2D eigenvalue weighted by Crippen LogP contribution is 2.24. The molecule has 1 aromatic heterocycles. The maximum atomic E-state index is 12.2. The summed E-state index contributed by atoms with van der Waals surface area (Å²) < 4.78 is 29.5. The Balaban J connectivity index is 1.88. The number of thiophene rings is 1. The molecule has 11 heteroatoms. The molecule has 1 aliphatic heterocycles. The van der Waals surface area contributed by atoms with Crippen LogP contribution < -0.4 is 11.1 Å². The van der Waals surface area contributed by atoms with Crippen molar-refractivity contribution in [3.05, 3.63) is 17.0 Å². The van der Waals surface area contributed by atoms with Crippen molar-refractivity contribution in [3.8, 4) is 0 Å². The number of nitrogens with zero attached hydrogens (tertiary/aromatic N) is 1. The number of ether oxygens (including phenoxy) is 1. The van der Waals surface area contributed by atoms with E-state index in [1.165, 1.54) is 17.3 Å². The fourth-order valence-corrected chi connectivity index (χ4v) is 4.23. The Labute approximate surface area is 155 Å². The molecule has 0 spiro atoms. The standard InChI is InChI=1S/C15H21N3O6S2/c1-9(13(20)17-14-11(12(16)19)5-8-25-14)24-15(21)10-3-6-18(7-4-10)26(2,22)23/h5,8-10H,3-4,6-7H2,1-2H3,(H2,16,19)(H,17,20)/t9-/m0/s1. The molecular formula is C15H21N3O6S2. The fraction of sp³-hybridized carbons (Fsp3) is 0.533. The van der Waals surface area contributed by atoms with Crippen LogP contribution >= 0.6 is 11.3 Å². The Kier molecular flexibility index (Phi) is 6.37. The van der Waals surface area contributed by atoms with Gasteiger partial charge in [0.2, 0.25) is 10.0 Å². The first kappa shape index (κ1) is 20.3. The van der Waals surface area contributed by atoms with E-state index >= 15 is 0 Å². The molecule has 26 heavy (non-hydrogen) atoms. The van der Waals surface area contributed by atoms with Gasteiger partial charge in [0.1, 0.15) is 5.00 Å². The number of carbonyl (C=O) groups excluding carboxylic acids is 3. The average molecular weight is 403 g/mol. The second-order valence-electron chi connectivity index (χ2n) is 6.03. The quantitative estimate of drug-likeness (QED) is 0.660. The van der Waals surface area contributed by atoms with Gasteiger partial charge in [-0.2, -0.15) is 0 Å². The normalized spacial score (nSPS) is 17.5. The summed E-state index contributed by atoms with van der Waals surface area (Å²) in [5, 5.41) is 4.43. The van der Waals surface area contributed by atoms with Gasteiger partial charge in [-0.25, -0.2) is 12.7 Å². The summed E-state index contributed by atoms with van der Waals surface area (Å²) in [6, 6.07) is 1.49. The molecule has 144 valence electrons. The second-order valence-corrected chi connectivity index (χ2v) is 8.93. The van der Waals surface area contributed by atoms with Gasteiger partial charge >= 0.3 is 5.97 Å². The van der Waals surface area contributed by atoms with Gasteiger partial charge in [0.05, 0.1) is 17.7 Å². The van der Waals surface area contributed by atoms with Crippen LogP contribution in [0.2, 0.25) is 0 Å². The summed E-state index contributed by atoms with van der Waals surface area (Å²) in [6.45, 7) is 1.92. The lowest BCUT2D eigenvalue weighted by Gasteiger charge is -2.29. The number of sulfonamides is 1. The molecule has 0 unspecified atom stereocenters. The van der Waals surface area contributed by atoms with Crippen molar-refractivity contribution in [1.29, 1.82) is 0 Å². The van der Waals surface area contributed by atoms with Gasteiger partial charge in [0.15, 0.2) is 6.10 Å². The predicted octanol–water partition coefficient (Wildman–Crippen LogP) is 0.389. The van der Waals surface area contributed by atoms with Crippen LogP contribution in [0.1, 0.15) is 30.1 Å². The van der Waals surface area contributed by atoms with Crippen LogP contribution in [0.3, 0.4) is 0 Å². The number of rotatable bonds is 6. The van der Waals surface area contributed by atoms with Crippen LogP contribution in [-0.2, 0) is 24.3 Å². The van der Waals surface area contributed by atoms with E-state index in [1.54, 1.807) is 5.38 Å². The van der Waals surface area contributed by atoms with Gasteiger partial charge < -0.3 is 15.8 Å². The molecular weight excluding hydrogens is 382 g/mol. The topological polar surface area (TPSA) is 136 Å². The number of hydrogen-bond donors (Lipinski definition) is 2. The highest BCUT2D eigenvalue weighted by atomic mass is 32.2. The van der Waals surface area contributed by atoms with Crippen LogP contribution in [0.15, 0.2) is 11.4 Å². The van der Waals surface area contributed by atoms with Crippen LogP contribution in [0.5, 0.6) is 0 Å². The zero-order chi connectivity index (χ0) is 19.5. The number of primary amides is 1. The molecule has 1 aliphatic rings. The molecule has 1 saturated heterocycles. The van der Waals surface area contributed by atoms with Gasteiger partial charge in [-0.3, -0.25) is 14.4 Å². The van der Waals surface area contributed by atoms with Gasteiger partial charge in [0, 0.05) is 13.1 Å². The zero-order valence-corrected chi connectivity index (χ0v) is 16.1. The van der Waals surface area contributed by atoms with E-state index in [4.69, 9.17) is 10.5 Å². The average Bonchev–Trinajstić information content (AvgIpc) is 3.02. The number of nitrogens with two attached hydrogens (primary N) is 1. The lowest BCUT2D eigenvalue weighted by atomic mass is 9.98. The lowest BCUT2D eigenvalue weighted by Crippen LogP contribution is -2.41. The van der Waals surface area contributed by atoms with E-state index in [0.29, 0.717) is 17.8 Å². The number of hydrogen-bond acceptors (Lipinski definition) is 7. The molecule has 0 aromatic carbocycles. The number of carbonyl (C=O) groups is 3. The Morgan fingerprint density at radius 2 is 1.96 bits per heavy atom. The van der Waals surface area contributed by atoms with E-state index in [-0.39, 0.29) is 18.7 Å². The van der Waals surface area contributed by atoms with Gasteiger partial charge in [0.25, 0.3) is 11.8 Å². The van der Waals surface area contributed by atoms with Crippen LogP contribution in [0.4, 0.5) is 5.00 Å². The van der Waals surface area contributed by atoms with Crippen LogP contribution in [-0.4, -0.2) is 56.0 Å². The maximum absolute atomic E-state index is 12.2. The predicted molar refractivity (Wildman–Crippen MR) is 96.2 cm³/mol. The molecule has 0 aliphatic carbocycles. The molecule has 2 rings (SSSR count). The molecule has 0 bridgehead atoms. The van der Waals surface area contributed by atoms with E-state index in [0.717, 1.165) is 17.6 Å². The first-order valence-corrected chi connectivity index (χ1v) is 10.7. The van der Waals surface area contributed by atoms with E-state index < -0.39 is 39.8 Å². The van der Waals surface area contributed by atoms with Crippen molar-refractivity contribution < 1.29 is 27.5 Å². The molecule has 3 N–H and O–H groups in total. The summed E-state index contributed by atoms with van der Waals surface area (Å²) in [4.78, 5) is 35.6. The van der Waals surface area contributed by atoms with Crippen molar-refractivity contribution in [2.24, 2.45) is 11.7 Å². The minimum absolute atomic E-state index is 0.190. The Bertz CT molecular complexity index is 796. The Hall–Kier alpha value is -1.98. The van der Waals surface area contributed by atoms with E-state index in [2.05, 4.69) is 5.32 Å². The van der Waals surface area contributed by atoms with Gasteiger partial charge in [-0.15, -0.1) is 11.3 Å². The smallest absolute Gasteiger partial charge is 0.309 e. The molecule has 2 heterocycles. The minimum atomic E-state index is -3.27. The van der Waals surface area contributed by atoms with Crippen molar-refractivity contribution in [2.75, 3.05) is 24.7 Å². The van der Waals surface area contributed by atoms with Gasteiger partial charge in [-0.05, 0) is 31.2 Å². The molecule has 1 atom stereocenters. The Morgan fingerprint density at radius 3 is 2.50 bits per heavy atom. The summed E-state index contributed by atoms with van der Waals surface area (Å²) in [5.41, 5.74) is 5.40. The maximum Gasteiger partial charge on any atom is 0.309 e. The zero-order valence-electron chi connectivity index (χ0n) is 14.4. The molecule has 2 amide bonds. The third-order valence-electron chi connectivity index (χ3n) is 4.09. The first-order chi connectivity index (χ1) is 12.1. The number of anilines is 1. The third kappa shape index (κ3) is 5.02. The fourth-order valence-electron chi connectivity index (χ4n) is 2.56. The monoisotopic (exact) mass is 403 g/mol. The molecule has 0 radical (unpaired) electrons. The molecule has 1 fully saturated rings. The van der Waals surface area contributed by atoms with Crippen molar-refractivity contribution in [3.63, 3.8) is 0 Å². The second kappa shape index (κ2) is 8.14. The van der Waals surface area contributed by atoms with E-state index in [1.807, 2.05) is 0 Å². The number of nitrogens with one attached hydrogen (secondary N) is 1. The van der Waals surface area contributed by atoms with Crippen molar-refractivity contribution >= 4 is 44.1 Å².